The first-order valence-electron chi connectivity index (χ1n) is 9.13. The Morgan fingerprint density at radius 1 is 1.00 bits per heavy atom. The summed E-state index contributed by atoms with van der Waals surface area (Å²) in [5.41, 5.74) is 5.68. The van der Waals surface area contributed by atoms with Crippen LogP contribution in [-0.4, -0.2) is 10.7 Å². The minimum Gasteiger partial charge on any atom is -0.464 e. The summed E-state index contributed by atoms with van der Waals surface area (Å²) in [6.07, 6.45) is 0.594. The second-order valence-corrected chi connectivity index (χ2v) is 7.51. The molecule has 27 heavy (non-hydrogen) atoms. The van der Waals surface area contributed by atoms with E-state index in [1.807, 2.05) is 36.4 Å². The van der Waals surface area contributed by atoms with Gasteiger partial charge in [0.1, 0.15) is 5.75 Å². The fourth-order valence-corrected chi connectivity index (χ4v) is 4.00. The van der Waals surface area contributed by atoms with Crippen molar-refractivity contribution in [2.75, 3.05) is 0 Å². The molecule has 3 nitrogen and oxygen atoms in total. The summed E-state index contributed by atoms with van der Waals surface area (Å²) < 4.78 is 6.35. The molecule has 0 aromatic heterocycles. The Morgan fingerprint density at radius 3 is 2.56 bits per heavy atom. The first kappa shape index (κ1) is 16.4. The van der Waals surface area contributed by atoms with Gasteiger partial charge in [0, 0.05) is 22.6 Å². The predicted molar refractivity (Wildman–Crippen MR) is 108 cm³/mol. The molecule has 0 bridgehead atoms. The van der Waals surface area contributed by atoms with E-state index in [1.165, 1.54) is 5.56 Å². The summed E-state index contributed by atoms with van der Waals surface area (Å²) >= 11 is 6.28. The smallest absolute Gasteiger partial charge is 0.213 e. The summed E-state index contributed by atoms with van der Waals surface area (Å²) in [7, 11) is 0. The predicted octanol–water partition coefficient (Wildman–Crippen LogP) is 5.89. The van der Waals surface area contributed by atoms with Crippen LogP contribution in [-0.2, 0) is 0 Å². The van der Waals surface area contributed by atoms with E-state index in [4.69, 9.17) is 21.4 Å². The summed E-state index contributed by atoms with van der Waals surface area (Å²) in [6.45, 7) is 2.10. The topological polar surface area (TPSA) is 24.8 Å². The second-order valence-electron chi connectivity index (χ2n) is 7.08. The average molecular weight is 375 g/mol. The fraction of sp³-hybridized carbons (Fsp3) is 0.174. The van der Waals surface area contributed by atoms with E-state index in [-0.39, 0.29) is 12.3 Å². The Morgan fingerprint density at radius 2 is 1.78 bits per heavy atom. The van der Waals surface area contributed by atoms with Gasteiger partial charge in [-0.25, -0.2) is 5.01 Å². The molecule has 3 aromatic carbocycles. The van der Waals surface area contributed by atoms with Crippen LogP contribution in [0.4, 0.5) is 0 Å². The Balaban J connectivity index is 1.60. The molecule has 3 aromatic rings. The van der Waals surface area contributed by atoms with Gasteiger partial charge >= 0.3 is 0 Å². The van der Waals surface area contributed by atoms with Gasteiger partial charge in [-0.15, -0.1) is 0 Å². The molecule has 0 saturated carbocycles. The van der Waals surface area contributed by atoms with Gasteiger partial charge in [-0.3, -0.25) is 0 Å². The minimum atomic E-state index is -0.243. The average Bonchev–Trinajstić information content (AvgIpc) is 3.14. The molecule has 0 saturated heterocycles. The van der Waals surface area contributed by atoms with Crippen molar-refractivity contribution in [2.45, 2.75) is 25.6 Å². The molecular weight excluding hydrogens is 356 g/mol. The maximum absolute atomic E-state index is 6.35. The highest BCUT2D eigenvalue weighted by Gasteiger charge is 2.40. The standard InChI is InChI=1S/C23H19ClN2O/c1-15-7-9-16(10-8-15)20-14-21-19-13-18(24)11-12-22(19)27-23(26(21)25-20)17-5-3-2-4-6-17/h2-13,21,23H,14H2,1H3/t21-,23-/m1/s1. The van der Waals surface area contributed by atoms with Crippen LogP contribution < -0.4 is 4.74 Å². The zero-order valence-electron chi connectivity index (χ0n) is 15.0. The van der Waals surface area contributed by atoms with E-state index < -0.39 is 0 Å². The molecule has 134 valence electrons. The van der Waals surface area contributed by atoms with E-state index in [2.05, 4.69) is 48.3 Å². The summed E-state index contributed by atoms with van der Waals surface area (Å²) in [5.74, 6) is 0.884. The van der Waals surface area contributed by atoms with Gasteiger partial charge in [-0.1, -0.05) is 71.8 Å². The lowest BCUT2D eigenvalue weighted by molar-refractivity contribution is -0.0190. The monoisotopic (exact) mass is 374 g/mol. The lowest BCUT2D eigenvalue weighted by Gasteiger charge is -2.38. The number of hydrazone groups is 1. The molecule has 2 atom stereocenters. The highest BCUT2D eigenvalue weighted by molar-refractivity contribution is 6.30. The summed E-state index contributed by atoms with van der Waals surface area (Å²) in [6, 6.07) is 24.8. The van der Waals surface area contributed by atoms with Crippen LogP contribution in [0.15, 0.2) is 77.9 Å². The van der Waals surface area contributed by atoms with Crippen molar-refractivity contribution in [3.63, 3.8) is 0 Å². The number of ether oxygens (including phenoxy) is 1. The Hall–Kier alpha value is -2.78. The Kier molecular flexibility index (Phi) is 3.91. The fourth-order valence-electron chi connectivity index (χ4n) is 3.82. The van der Waals surface area contributed by atoms with Crippen molar-refractivity contribution in [3.05, 3.63) is 100 Å². The molecule has 0 unspecified atom stereocenters. The van der Waals surface area contributed by atoms with Crippen LogP contribution in [0, 0.1) is 6.92 Å². The highest BCUT2D eigenvalue weighted by Crippen LogP contribution is 2.48. The zero-order chi connectivity index (χ0) is 18.4. The lowest BCUT2D eigenvalue weighted by atomic mass is 9.95. The third-order valence-corrected chi connectivity index (χ3v) is 5.46. The van der Waals surface area contributed by atoms with E-state index in [0.29, 0.717) is 0 Å². The lowest BCUT2D eigenvalue weighted by Crippen LogP contribution is -2.33. The number of aryl methyl sites for hydroxylation is 1. The third-order valence-electron chi connectivity index (χ3n) is 5.22. The maximum atomic E-state index is 6.35. The number of nitrogens with zero attached hydrogens (tertiary/aromatic N) is 2. The molecular formula is C23H19ClN2O. The van der Waals surface area contributed by atoms with E-state index in [9.17, 15) is 0 Å². The molecule has 0 spiro atoms. The number of hydrogen-bond donors (Lipinski definition) is 0. The molecule has 0 fully saturated rings. The molecule has 2 heterocycles. The van der Waals surface area contributed by atoms with Crippen molar-refractivity contribution in [1.29, 1.82) is 0 Å². The van der Waals surface area contributed by atoms with Crippen LogP contribution in [0.25, 0.3) is 0 Å². The molecule has 4 heteroatoms. The number of hydrogen-bond acceptors (Lipinski definition) is 3. The quantitative estimate of drug-likeness (QED) is 0.558. The van der Waals surface area contributed by atoms with E-state index in [1.54, 1.807) is 0 Å². The minimum absolute atomic E-state index is 0.119. The van der Waals surface area contributed by atoms with Crippen molar-refractivity contribution in [1.82, 2.24) is 5.01 Å². The molecule has 0 amide bonds. The van der Waals surface area contributed by atoms with Gasteiger partial charge in [0.2, 0.25) is 6.23 Å². The van der Waals surface area contributed by atoms with Crippen LogP contribution in [0.2, 0.25) is 5.02 Å². The molecule has 2 aliphatic heterocycles. The van der Waals surface area contributed by atoms with Crippen LogP contribution in [0.1, 0.15) is 40.9 Å². The number of halogens is 1. The van der Waals surface area contributed by atoms with Crippen molar-refractivity contribution in [3.8, 4) is 5.75 Å². The molecule has 0 radical (unpaired) electrons. The van der Waals surface area contributed by atoms with Crippen molar-refractivity contribution < 1.29 is 4.74 Å². The van der Waals surface area contributed by atoms with Crippen LogP contribution in [0.3, 0.4) is 0 Å². The summed E-state index contributed by atoms with van der Waals surface area (Å²) in [4.78, 5) is 0. The van der Waals surface area contributed by atoms with Crippen LogP contribution >= 0.6 is 11.6 Å². The van der Waals surface area contributed by atoms with Gasteiger partial charge in [-0.05, 0) is 30.7 Å². The van der Waals surface area contributed by atoms with Gasteiger partial charge in [-0.2, -0.15) is 5.10 Å². The van der Waals surface area contributed by atoms with E-state index >= 15 is 0 Å². The Bertz CT molecular complexity index is 1010. The first-order chi connectivity index (χ1) is 13.2. The Labute approximate surface area is 163 Å². The number of fused-ring (bicyclic) bond motifs is 3. The third kappa shape index (κ3) is 2.88. The van der Waals surface area contributed by atoms with Crippen LogP contribution in [0.5, 0.6) is 5.75 Å². The SMILES string of the molecule is Cc1ccc(C2=NN3[C@H](C2)c2cc(Cl)ccc2O[C@@H]3c2ccccc2)cc1. The van der Waals surface area contributed by atoms with Crippen molar-refractivity contribution in [2.24, 2.45) is 5.10 Å². The second kappa shape index (κ2) is 6.43. The molecule has 5 rings (SSSR count). The molecule has 2 aliphatic rings. The largest absolute Gasteiger partial charge is 0.464 e. The molecule has 0 aliphatic carbocycles. The maximum Gasteiger partial charge on any atom is 0.213 e. The normalized spacial score (nSPS) is 20.5. The van der Waals surface area contributed by atoms with Gasteiger partial charge < -0.3 is 4.74 Å². The first-order valence-corrected chi connectivity index (χ1v) is 9.51. The van der Waals surface area contributed by atoms with E-state index in [0.717, 1.165) is 39.6 Å². The van der Waals surface area contributed by atoms with Gasteiger partial charge in [0.25, 0.3) is 0 Å². The zero-order valence-corrected chi connectivity index (χ0v) is 15.7. The highest BCUT2D eigenvalue weighted by atomic mass is 35.5. The van der Waals surface area contributed by atoms with Gasteiger partial charge in [0.15, 0.2) is 0 Å². The summed E-state index contributed by atoms with van der Waals surface area (Å²) in [5, 5.41) is 7.79. The number of benzene rings is 3. The van der Waals surface area contributed by atoms with Crippen molar-refractivity contribution >= 4 is 17.3 Å². The van der Waals surface area contributed by atoms with Gasteiger partial charge in [0.05, 0.1) is 11.8 Å². The molecule has 0 N–H and O–H groups in total. The number of rotatable bonds is 2.